The van der Waals surface area contributed by atoms with Gasteiger partial charge in [-0.2, -0.15) is 4.31 Å². The topological polar surface area (TPSA) is 60.9 Å². The summed E-state index contributed by atoms with van der Waals surface area (Å²) in [6.45, 7) is 5.05. The molecule has 1 fully saturated rings. The Kier molecular flexibility index (Phi) is 6.59. The summed E-state index contributed by atoms with van der Waals surface area (Å²) in [5.41, 5.74) is 4.89. The molecule has 1 N–H and O–H groups in total. The van der Waals surface area contributed by atoms with Gasteiger partial charge >= 0.3 is 0 Å². The Bertz CT molecular complexity index is 1370. The summed E-state index contributed by atoms with van der Waals surface area (Å²) in [6, 6.07) is 21.0. The van der Waals surface area contributed by atoms with E-state index in [-0.39, 0.29) is 12.0 Å². The van der Waals surface area contributed by atoms with Gasteiger partial charge in [0.1, 0.15) is 6.23 Å². The number of aryl methyl sites for hydroxylation is 1. The minimum Gasteiger partial charge on any atom is -0.378 e. The van der Waals surface area contributed by atoms with Crippen LogP contribution in [0.5, 0.6) is 0 Å². The Morgan fingerprint density at radius 1 is 0.914 bits per heavy atom. The monoisotopic (exact) mass is 508 g/mol. The van der Waals surface area contributed by atoms with Crippen LogP contribution in [0.15, 0.2) is 83.8 Å². The zero-order chi connectivity index (χ0) is 24.7. The van der Waals surface area contributed by atoms with Gasteiger partial charge in [-0.25, -0.2) is 8.42 Å². The summed E-state index contributed by atoms with van der Waals surface area (Å²) < 4.78 is 28.6. The van der Waals surface area contributed by atoms with Gasteiger partial charge in [0.25, 0.3) is 0 Å². The third kappa shape index (κ3) is 4.34. The van der Waals surface area contributed by atoms with E-state index < -0.39 is 16.3 Å². The number of fused-ring (bicyclic) bond motifs is 1. The minimum absolute atomic E-state index is 0.118. The molecule has 2 heterocycles. The molecule has 5 rings (SSSR count). The van der Waals surface area contributed by atoms with Gasteiger partial charge in [0.2, 0.25) is 10.0 Å². The number of sulfonamides is 1. The molecule has 0 amide bonds. The molecule has 1 saturated heterocycles. The number of aliphatic hydroxyl groups excluding tert-OH is 1. The maximum absolute atomic E-state index is 13.5. The lowest BCUT2D eigenvalue weighted by Gasteiger charge is -2.54. The van der Waals surface area contributed by atoms with E-state index >= 15 is 0 Å². The molecule has 2 aliphatic heterocycles. The van der Waals surface area contributed by atoms with Crippen LogP contribution < -0.4 is 0 Å². The molecule has 3 atom stereocenters. The van der Waals surface area contributed by atoms with E-state index in [1.54, 1.807) is 12.1 Å². The Morgan fingerprint density at radius 3 is 2.37 bits per heavy atom. The standard InChI is InChI=1S/C28H29ClN2O3S/c1-19-8-3-4-11-26(19)35(33,34)30-16-5-6-17-31-25(18-30)27(28(31)32)22-14-12-21(13-15-22)23-9-7-10-24(29)20(23)2/h3-15,25,27-28,32H,16-18H2,1-2H3/b6-5-/t25-,27-,28+/m0/s1. The van der Waals surface area contributed by atoms with Gasteiger partial charge in [-0.1, -0.05) is 78.4 Å². The number of benzene rings is 3. The van der Waals surface area contributed by atoms with Gasteiger partial charge in [-0.3, -0.25) is 4.90 Å². The molecule has 3 aromatic rings. The summed E-state index contributed by atoms with van der Waals surface area (Å²) in [6.07, 6.45) is 3.15. The summed E-state index contributed by atoms with van der Waals surface area (Å²) >= 11 is 6.31. The van der Waals surface area contributed by atoms with Crippen molar-refractivity contribution in [3.63, 3.8) is 0 Å². The van der Waals surface area contributed by atoms with Gasteiger partial charge in [0.05, 0.1) is 4.90 Å². The van der Waals surface area contributed by atoms with Crippen LogP contribution >= 0.6 is 11.6 Å². The highest BCUT2D eigenvalue weighted by Crippen LogP contribution is 2.41. The van der Waals surface area contributed by atoms with Gasteiger partial charge in [-0.05, 0) is 53.8 Å². The van der Waals surface area contributed by atoms with Crippen molar-refractivity contribution < 1.29 is 13.5 Å². The van der Waals surface area contributed by atoms with E-state index in [4.69, 9.17) is 11.6 Å². The third-order valence-electron chi connectivity index (χ3n) is 7.27. The second-order valence-electron chi connectivity index (χ2n) is 9.30. The molecule has 0 radical (unpaired) electrons. The number of nitrogens with zero attached hydrogens (tertiary/aromatic N) is 2. The molecule has 3 aromatic carbocycles. The zero-order valence-corrected chi connectivity index (χ0v) is 21.4. The van der Waals surface area contributed by atoms with Crippen molar-refractivity contribution in [3.05, 3.63) is 101 Å². The minimum atomic E-state index is -3.67. The van der Waals surface area contributed by atoms with Crippen LogP contribution in [0.4, 0.5) is 0 Å². The Hall–Kier alpha value is -2.48. The Balaban J connectivity index is 1.43. The molecule has 182 valence electrons. The third-order valence-corrected chi connectivity index (χ3v) is 9.67. The number of hydrogen-bond acceptors (Lipinski definition) is 4. The average Bonchev–Trinajstić information content (AvgIpc) is 2.83. The van der Waals surface area contributed by atoms with Crippen molar-refractivity contribution in [2.75, 3.05) is 19.6 Å². The van der Waals surface area contributed by atoms with Crippen LogP contribution in [0.25, 0.3) is 11.1 Å². The lowest BCUT2D eigenvalue weighted by Crippen LogP contribution is -2.66. The summed E-state index contributed by atoms with van der Waals surface area (Å²) in [5, 5.41) is 11.7. The second-order valence-corrected chi connectivity index (χ2v) is 11.6. The molecule has 35 heavy (non-hydrogen) atoms. The average molecular weight is 509 g/mol. The van der Waals surface area contributed by atoms with E-state index in [9.17, 15) is 13.5 Å². The van der Waals surface area contributed by atoms with Crippen LogP contribution in [0.3, 0.4) is 0 Å². The largest absolute Gasteiger partial charge is 0.378 e. The van der Waals surface area contributed by atoms with Crippen molar-refractivity contribution in [1.82, 2.24) is 9.21 Å². The highest BCUT2D eigenvalue weighted by Gasteiger charge is 2.49. The van der Waals surface area contributed by atoms with E-state index in [0.29, 0.717) is 24.5 Å². The van der Waals surface area contributed by atoms with Crippen LogP contribution in [0.1, 0.15) is 22.6 Å². The molecule has 5 nitrogen and oxygen atoms in total. The first-order chi connectivity index (χ1) is 16.8. The predicted octanol–water partition coefficient (Wildman–Crippen LogP) is 4.97. The molecule has 0 saturated carbocycles. The number of hydrogen-bond donors (Lipinski definition) is 1. The number of aliphatic hydroxyl groups is 1. The van der Waals surface area contributed by atoms with Crippen LogP contribution in [0, 0.1) is 13.8 Å². The zero-order valence-electron chi connectivity index (χ0n) is 19.8. The maximum atomic E-state index is 13.5. The van der Waals surface area contributed by atoms with E-state index in [2.05, 4.69) is 0 Å². The highest BCUT2D eigenvalue weighted by atomic mass is 35.5. The lowest BCUT2D eigenvalue weighted by atomic mass is 9.79. The quantitative estimate of drug-likeness (QED) is 0.505. The maximum Gasteiger partial charge on any atom is 0.243 e. The van der Waals surface area contributed by atoms with E-state index in [1.807, 2.05) is 85.5 Å². The molecule has 0 unspecified atom stereocenters. The SMILES string of the molecule is Cc1ccccc1S(=O)(=O)N1C/C=C\CN2[C@H](O)[C@@H](c3ccc(-c4cccc(Cl)c4C)cc3)[C@@H]2C1. The van der Waals surface area contributed by atoms with Crippen LogP contribution in [0.2, 0.25) is 5.02 Å². The normalized spacial score (nSPS) is 24.2. The number of halogens is 1. The van der Waals surface area contributed by atoms with Crippen LogP contribution in [-0.4, -0.2) is 54.6 Å². The van der Waals surface area contributed by atoms with Gasteiger partial charge in [0.15, 0.2) is 0 Å². The fraction of sp³-hybridized carbons (Fsp3) is 0.286. The van der Waals surface area contributed by atoms with E-state index in [1.165, 1.54) is 4.31 Å². The first-order valence-electron chi connectivity index (χ1n) is 11.8. The van der Waals surface area contributed by atoms with Crippen molar-refractivity contribution in [1.29, 1.82) is 0 Å². The first kappa shape index (κ1) is 24.2. The fourth-order valence-corrected chi connectivity index (χ4v) is 7.03. The highest BCUT2D eigenvalue weighted by molar-refractivity contribution is 7.89. The van der Waals surface area contributed by atoms with E-state index in [0.717, 1.165) is 32.8 Å². The molecule has 0 aromatic heterocycles. The summed E-state index contributed by atoms with van der Waals surface area (Å²) in [4.78, 5) is 2.30. The molecule has 0 aliphatic carbocycles. The van der Waals surface area contributed by atoms with Gasteiger partial charge in [0, 0.05) is 36.6 Å². The molecule has 0 bridgehead atoms. The Labute approximate surface area is 212 Å². The smallest absolute Gasteiger partial charge is 0.243 e. The van der Waals surface area contributed by atoms with Gasteiger partial charge < -0.3 is 5.11 Å². The Morgan fingerprint density at radius 2 is 1.63 bits per heavy atom. The second kappa shape index (κ2) is 9.52. The lowest BCUT2D eigenvalue weighted by molar-refractivity contribution is -0.139. The predicted molar refractivity (Wildman–Crippen MR) is 140 cm³/mol. The molecular formula is C28H29ClN2O3S. The summed E-state index contributed by atoms with van der Waals surface area (Å²) in [7, 11) is -3.67. The molecule has 7 heteroatoms. The van der Waals surface area contributed by atoms with Crippen molar-refractivity contribution in [2.24, 2.45) is 0 Å². The fourth-order valence-electron chi connectivity index (χ4n) is 5.22. The molecular weight excluding hydrogens is 480 g/mol. The van der Waals surface area contributed by atoms with Crippen molar-refractivity contribution in [3.8, 4) is 11.1 Å². The number of rotatable bonds is 4. The van der Waals surface area contributed by atoms with Crippen molar-refractivity contribution >= 4 is 21.6 Å². The van der Waals surface area contributed by atoms with Crippen LogP contribution in [-0.2, 0) is 10.0 Å². The van der Waals surface area contributed by atoms with Crippen molar-refractivity contribution in [2.45, 2.75) is 36.9 Å². The van der Waals surface area contributed by atoms with Gasteiger partial charge in [-0.15, -0.1) is 0 Å². The molecule has 0 spiro atoms. The summed E-state index contributed by atoms with van der Waals surface area (Å²) in [5.74, 6) is -0.175. The first-order valence-corrected chi connectivity index (χ1v) is 13.6. The molecule has 2 aliphatic rings.